The zero-order valence-electron chi connectivity index (χ0n) is 16.5. The summed E-state index contributed by atoms with van der Waals surface area (Å²) < 4.78 is 5.03. The van der Waals surface area contributed by atoms with Crippen molar-refractivity contribution < 1.29 is 19.1 Å². The number of methoxy groups -OCH3 is 1. The third kappa shape index (κ3) is 4.24. The molecule has 1 aromatic rings. The van der Waals surface area contributed by atoms with E-state index in [0.717, 1.165) is 17.6 Å². The Labute approximate surface area is 169 Å². The second kappa shape index (κ2) is 8.78. The summed E-state index contributed by atoms with van der Waals surface area (Å²) in [4.78, 5) is 38.1. The molecule has 0 spiro atoms. The van der Waals surface area contributed by atoms with Crippen LogP contribution in [0, 0.1) is 11.3 Å². The molecule has 3 rings (SSSR count). The Hall–Kier alpha value is -3.34. The molecular formula is C21H24N4O4. The fourth-order valence-corrected chi connectivity index (χ4v) is 4.14. The smallest absolute Gasteiger partial charge is 0.336 e. The van der Waals surface area contributed by atoms with Crippen molar-refractivity contribution in [2.75, 3.05) is 20.2 Å². The Morgan fingerprint density at radius 3 is 2.69 bits per heavy atom. The monoisotopic (exact) mass is 396 g/mol. The zero-order chi connectivity index (χ0) is 21.0. The molecule has 0 radical (unpaired) electrons. The second-order valence-corrected chi connectivity index (χ2v) is 7.15. The van der Waals surface area contributed by atoms with Crippen LogP contribution in [-0.4, -0.2) is 55.1 Å². The number of fused-ring (bicyclic) bond motifs is 2. The van der Waals surface area contributed by atoms with E-state index in [1.54, 1.807) is 23.1 Å². The molecule has 0 aliphatic carbocycles. The molecule has 0 unspecified atom stereocenters. The number of urea groups is 1. The molecule has 8 nitrogen and oxygen atoms in total. The van der Waals surface area contributed by atoms with Crippen LogP contribution in [0.2, 0.25) is 0 Å². The number of ether oxygens (including phenoxy) is 1. The number of nitrogens with one attached hydrogen (secondary N) is 2. The number of hydrogen-bond donors (Lipinski definition) is 2. The SMILES string of the molecule is COC(=O)C1=C(c2cccc(C#N)c2)C[C@@H]2CC[C@H]1N2C(=O)NCCNC(C)=O. The average Bonchev–Trinajstić information content (AvgIpc) is 3.03. The first kappa shape index (κ1) is 20.4. The Kier molecular flexibility index (Phi) is 6.17. The predicted molar refractivity (Wildman–Crippen MR) is 105 cm³/mol. The minimum Gasteiger partial charge on any atom is -0.466 e. The molecule has 2 bridgehead atoms. The molecule has 0 aromatic heterocycles. The lowest BCUT2D eigenvalue weighted by molar-refractivity contribution is -0.136. The van der Waals surface area contributed by atoms with Crippen molar-refractivity contribution in [1.29, 1.82) is 5.26 Å². The molecule has 2 heterocycles. The van der Waals surface area contributed by atoms with Gasteiger partial charge >= 0.3 is 12.0 Å². The Balaban J connectivity index is 1.88. The first-order valence-corrected chi connectivity index (χ1v) is 9.58. The van der Waals surface area contributed by atoms with Gasteiger partial charge in [0, 0.05) is 26.1 Å². The molecule has 1 fully saturated rings. The summed E-state index contributed by atoms with van der Waals surface area (Å²) in [5.41, 5.74) is 2.65. The topological polar surface area (TPSA) is 112 Å². The third-order valence-corrected chi connectivity index (χ3v) is 5.36. The van der Waals surface area contributed by atoms with E-state index in [9.17, 15) is 19.6 Å². The second-order valence-electron chi connectivity index (χ2n) is 7.15. The van der Waals surface area contributed by atoms with E-state index < -0.39 is 5.97 Å². The van der Waals surface area contributed by atoms with Crippen molar-refractivity contribution in [2.24, 2.45) is 0 Å². The number of nitriles is 1. The molecule has 8 heteroatoms. The first-order chi connectivity index (χ1) is 14.0. The maximum atomic E-state index is 12.8. The predicted octanol–water partition coefficient (Wildman–Crippen LogP) is 1.57. The van der Waals surface area contributed by atoms with Crippen LogP contribution in [0.3, 0.4) is 0 Å². The quantitative estimate of drug-likeness (QED) is 0.580. The lowest BCUT2D eigenvalue weighted by Gasteiger charge is -2.37. The number of benzene rings is 1. The molecule has 152 valence electrons. The minimum absolute atomic E-state index is 0.0325. The van der Waals surface area contributed by atoms with Gasteiger partial charge < -0.3 is 20.3 Å². The molecule has 0 saturated carbocycles. The summed E-state index contributed by atoms with van der Waals surface area (Å²) in [5.74, 6) is -0.610. The number of hydrogen-bond acceptors (Lipinski definition) is 5. The number of rotatable bonds is 5. The fraction of sp³-hybridized carbons (Fsp3) is 0.429. The van der Waals surface area contributed by atoms with Gasteiger partial charge in [-0.15, -0.1) is 0 Å². The van der Waals surface area contributed by atoms with Crippen LogP contribution < -0.4 is 10.6 Å². The molecule has 1 saturated heterocycles. The third-order valence-electron chi connectivity index (χ3n) is 5.36. The van der Waals surface area contributed by atoms with Gasteiger partial charge in [0.15, 0.2) is 0 Å². The van der Waals surface area contributed by atoms with Crippen LogP contribution in [0.15, 0.2) is 29.8 Å². The standard InChI is InChI=1S/C21H24N4O4/c1-13(26)23-8-9-24-21(28)25-16-6-7-18(25)19(20(27)29-2)17(11-16)15-5-3-4-14(10-15)12-22/h3-5,10,16,18H,6-9,11H2,1-2H3,(H,23,26)(H,24,28)/t16-,18+/m0/s1. The van der Waals surface area contributed by atoms with Crippen LogP contribution in [0.1, 0.15) is 37.3 Å². The van der Waals surface area contributed by atoms with Crippen molar-refractivity contribution in [1.82, 2.24) is 15.5 Å². The maximum Gasteiger partial charge on any atom is 0.336 e. The van der Waals surface area contributed by atoms with Crippen LogP contribution in [0.5, 0.6) is 0 Å². The van der Waals surface area contributed by atoms with Crippen LogP contribution in [0.25, 0.3) is 5.57 Å². The highest BCUT2D eigenvalue weighted by Gasteiger charge is 2.46. The van der Waals surface area contributed by atoms with Crippen LogP contribution in [0.4, 0.5) is 4.79 Å². The van der Waals surface area contributed by atoms with E-state index in [1.165, 1.54) is 14.0 Å². The van der Waals surface area contributed by atoms with Gasteiger partial charge in [0.1, 0.15) is 0 Å². The highest BCUT2D eigenvalue weighted by molar-refractivity contribution is 6.01. The summed E-state index contributed by atoms with van der Waals surface area (Å²) in [6.45, 7) is 2.07. The number of esters is 1. The molecule has 2 N–H and O–H groups in total. The number of amides is 3. The fourth-order valence-electron chi connectivity index (χ4n) is 4.14. The lowest BCUT2D eigenvalue weighted by Crippen LogP contribution is -2.51. The number of nitrogens with zero attached hydrogens (tertiary/aromatic N) is 2. The Bertz CT molecular complexity index is 902. The van der Waals surface area contributed by atoms with Crippen molar-refractivity contribution >= 4 is 23.5 Å². The van der Waals surface area contributed by atoms with E-state index in [-0.39, 0.29) is 24.0 Å². The largest absolute Gasteiger partial charge is 0.466 e. The van der Waals surface area contributed by atoms with Crippen molar-refractivity contribution in [3.05, 3.63) is 41.0 Å². The van der Waals surface area contributed by atoms with Crippen molar-refractivity contribution in [2.45, 2.75) is 38.3 Å². The highest BCUT2D eigenvalue weighted by Crippen LogP contribution is 2.43. The summed E-state index contributed by atoms with van der Waals surface area (Å²) in [7, 11) is 1.33. The highest BCUT2D eigenvalue weighted by atomic mass is 16.5. The molecule has 2 aliphatic heterocycles. The maximum absolute atomic E-state index is 12.8. The van der Waals surface area contributed by atoms with Gasteiger partial charge in [0.25, 0.3) is 0 Å². The molecule has 29 heavy (non-hydrogen) atoms. The van der Waals surface area contributed by atoms with Crippen LogP contribution >= 0.6 is 0 Å². The summed E-state index contributed by atoms with van der Waals surface area (Å²) >= 11 is 0. The normalized spacial score (nSPS) is 20.1. The summed E-state index contributed by atoms with van der Waals surface area (Å²) in [5, 5.41) is 14.7. The zero-order valence-corrected chi connectivity index (χ0v) is 16.5. The Morgan fingerprint density at radius 2 is 2.00 bits per heavy atom. The van der Waals surface area contributed by atoms with Crippen LogP contribution in [-0.2, 0) is 14.3 Å². The van der Waals surface area contributed by atoms with E-state index >= 15 is 0 Å². The van der Waals surface area contributed by atoms with E-state index in [0.29, 0.717) is 37.1 Å². The number of carbonyl (C=O) groups is 3. The first-order valence-electron chi connectivity index (χ1n) is 9.58. The van der Waals surface area contributed by atoms with E-state index in [2.05, 4.69) is 16.7 Å². The van der Waals surface area contributed by atoms with Gasteiger partial charge in [0.05, 0.1) is 30.4 Å². The van der Waals surface area contributed by atoms with Gasteiger partial charge in [-0.2, -0.15) is 5.26 Å². The van der Waals surface area contributed by atoms with Gasteiger partial charge in [-0.1, -0.05) is 12.1 Å². The summed E-state index contributed by atoms with van der Waals surface area (Å²) in [6.07, 6.45) is 1.98. The van der Waals surface area contributed by atoms with Gasteiger partial charge in [0.2, 0.25) is 5.91 Å². The van der Waals surface area contributed by atoms with Gasteiger partial charge in [-0.25, -0.2) is 9.59 Å². The van der Waals surface area contributed by atoms with Crippen molar-refractivity contribution in [3.8, 4) is 6.07 Å². The summed E-state index contributed by atoms with van der Waals surface area (Å²) in [6, 6.07) is 8.61. The van der Waals surface area contributed by atoms with Gasteiger partial charge in [-0.05, 0) is 42.5 Å². The molecular weight excluding hydrogens is 372 g/mol. The molecule has 3 amide bonds. The van der Waals surface area contributed by atoms with Gasteiger partial charge in [-0.3, -0.25) is 4.79 Å². The molecule has 1 aromatic carbocycles. The molecule has 2 atom stereocenters. The van der Waals surface area contributed by atoms with E-state index in [4.69, 9.17) is 4.74 Å². The molecule has 2 aliphatic rings. The number of carbonyl (C=O) groups excluding carboxylic acids is 3. The van der Waals surface area contributed by atoms with Crippen molar-refractivity contribution in [3.63, 3.8) is 0 Å². The minimum atomic E-state index is -0.455. The average molecular weight is 396 g/mol. The lowest BCUT2D eigenvalue weighted by atomic mass is 9.88. The Morgan fingerprint density at radius 1 is 1.24 bits per heavy atom. The van der Waals surface area contributed by atoms with E-state index in [1.807, 2.05) is 6.07 Å².